The summed E-state index contributed by atoms with van der Waals surface area (Å²) < 4.78 is 11.4. The average molecular weight is 559 g/mol. The van der Waals surface area contributed by atoms with Crippen molar-refractivity contribution >= 4 is 29.1 Å². The van der Waals surface area contributed by atoms with Crippen molar-refractivity contribution in [2.45, 2.75) is 59.3 Å². The van der Waals surface area contributed by atoms with Crippen LogP contribution < -0.4 is 0 Å². The monoisotopic (exact) mass is 558 g/mol. The van der Waals surface area contributed by atoms with E-state index in [0.29, 0.717) is 43.2 Å². The topological polar surface area (TPSA) is 107 Å². The van der Waals surface area contributed by atoms with E-state index < -0.39 is 17.4 Å². The zero-order valence-corrected chi connectivity index (χ0v) is 24.0. The van der Waals surface area contributed by atoms with Crippen molar-refractivity contribution < 1.29 is 33.8 Å². The van der Waals surface area contributed by atoms with Crippen molar-refractivity contribution in [1.82, 2.24) is 0 Å². The van der Waals surface area contributed by atoms with Crippen molar-refractivity contribution in [1.29, 1.82) is 0 Å². The highest BCUT2D eigenvalue weighted by molar-refractivity contribution is 5.93. The molecule has 216 valence electrons. The highest BCUT2D eigenvalue weighted by Crippen LogP contribution is 2.32. The van der Waals surface area contributed by atoms with Crippen LogP contribution in [-0.2, 0) is 36.7 Å². The Labute approximate surface area is 241 Å². The maximum Gasteiger partial charge on any atom is 0.341 e. The third-order valence-corrected chi connectivity index (χ3v) is 7.01. The number of allylic oxidation sites excluding steroid dienone is 3. The molecule has 0 saturated carbocycles. The lowest BCUT2D eigenvalue weighted by Gasteiger charge is -2.29. The Morgan fingerprint density at radius 3 is 1.98 bits per heavy atom. The molecule has 3 rings (SSSR count). The van der Waals surface area contributed by atoms with Gasteiger partial charge in [0.25, 0.3) is 0 Å². The quantitative estimate of drug-likeness (QED) is 0.271. The maximum absolute atomic E-state index is 13.1. The van der Waals surface area contributed by atoms with Crippen molar-refractivity contribution in [3.63, 3.8) is 0 Å². The van der Waals surface area contributed by atoms with Gasteiger partial charge in [0.05, 0.1) is 11.1 Å². The van der Waals surface area contributed by atoms with E-state index in [1.54, 1.807) is 43.3 Å². The van der Waals surface area contributed by atoms with E-state index in [1.807, 2.05) is 31.2 Å². The van der Waals surface area contributed by atoms with Gasteiger partial charge in [-0.25, -0.2) is 9.59 Å². The fraction of sp³-hybridized carbons (Fsp3) is 0.353. The van der Waals surface area contributed by atoms with Crippen LogP contribution in [-0.4, -0.2) is 41.8 Å². The Bertz CT molecular complexity index is 1300. The Morgan fingerprint density at radius 2 is 1.39 bits per heavy atom. The van der Waals surface area contributed by atoms with Crippen LogP contribution in [0.15, 0.2) is 78.6 Å². The molecular formula is C34H38O7. The number of hydrogen-bond acceptors (Lipinski definition) is 7. The van der Waals surface area contributed by atoms with Crippen LogP contribution in [0, 0.1) is 5.41 Å². The summed E-state index contributed by atoms with van der Waals surface area (Å²) in [7, 11) is 0. The second-order valence-electron chi connectivity index (χ2n) is 10.9. The Morgan fingerprint density at radius 1 is 0.854 bits per heavy atom. The number of Topliss-reactive ketones (excluding diaryl/α,β-unsaturated/α-hetero) is 2. The number of carbonyl (C=O) groups excluding carboxylic acids is 4. The molecule has 41 heavy (non-hydrogen) atoms. The first-order chi connectivity index (χ1) is 19.5. The molecule has 1 aliphatic rings. The molecule has 1 aliphatic carbocycles. The van der Waals surface area contributed by atoms with Crippen LogP contribution in [0.5, 0.6) is 0 Å². The highest BCUT2D eigenvalue weighted by Gasteiger charge is 2.31. The van der Waals surface area contributed by atoms with E-state index in [4.69, 9.17) is 9.47 Å². The minimum Gasteiger partial charge on any atom is -0.511 e. The summed E-state index contributed by atoms with van der Waals surface area (Å²) in [5, 5.41) is 10.1. The van der Waals surface area contributed by atoms with Gasteiger partial charge in [0.1, 0.15) is 30.5 Å². The third kappa shape index (κ3) is 9.13. The third-order valence-electron chi connectivity index (χ3n) is 7.01. The summed E-state index contributed by atoms with van der Waals surface area (Å²) in [6, 6.07) is 14.4. The van der Waals surface area contributed by atoms with Gasteiger partial charge in [-0.05, 0) is 67.5 Å². The zero-order chi connectivity index (χ0) is 30.0. The highest BCUT2D eigenvalue weighted by atomic mass is 16.5. The van der Waals surface area contributed by atoms with Crippen molar-refractivity contribution in [2.24, 2.45) is 5.41 Å². The number of rotatable bonds is 14. The number of ether oxygens (including phenoxy) is 2. The van der Waals surface area contributed by atoms with E-state index >= 15 is 0 Å². The number of esters is 2. The van der Waals surface area contributed by atoms with E-state index in [0.717, 1.165) is 16.7 Å². The predicted molar refractivity (Wildman–Crippen MR) is 157 cm³/mol. The van der Waals surface area contributed by atoms with Gasteiger partial charge in [0.15, 0.2) is 0 Å². The molecule has 0 saturated heterocycles. The van der Waals surface area contributed by atoms with Crippen molar-refractivity contribution in [2.75, 3.05) is 13.2 Å². The van der Waals surface area contributed by atoms with Gasteiger partial charge in [-0.2, -0.15) is 0 Å². The fourth-order valence-corrected chi connectivity index (χ4v) is 4.68. The first kappa shape index (κ1) is 31.3. The van der Waals surface area contributed by atoms with E-state index in [1.165, 1.54) is 6.92 Å². The van der Waals surface area contributed by atoms with E-state index in [9.17, 15) is 24.3 Å². The normalized spacial score (nSPS) is 14.2. The molecule has 0 amide bonds. The average Bonchev–Trinajstić information content (AvgIpc) is 2.94. The van der Waals surface area contributed by atoms with Gasteiger partial charge >= 0.3 is 11.9 Å². The molecule has 0 spiro atoms. The Balaban J connectivity index is 1.78. The number of aliphatic hydroxyl groups excluding tert-OH is 1. The molecule has 2 aromatic rings. The molecule has 0 fully saturated rings. The van der Waals surface area contributed by atoms with Crippen LogP contribution in [0.2, 0.25) is 0 Å². The molecule has 1 N–H and O–H groups in total. The van der Waals surface area contributed by atoms with E-state index in [-0.39, 0.29) is 42.5 Å². The molecule has 7 nitrogen and oxygen atoms in total. The van der Waals surface area contributed by atoms with Gasteiger partial charge < -0.3 is 14.6 Å². The molecule has 0 aromatic heterocycles. The Kier molecular flexibility index (Phi) is 11.0. The number of benzene rings is 2. The fourth-order valence-electron chi connectivity index (χ4n) is 4.68. The summed E-state index contributed by atoms with van der Waals surface area (Å²) in [4.78, 5) is 49.4. The van der Waals surface area contributed by atoms with Crippen molar-refractivity contribution in [3.8, 4) is 0 Å². The summed E-state index contributed by atoms with van der Waals surface area (Å²) in [5.41, 5.74) is 2.81. The second kappa shape index (κ2) is 14.4. The first-order valence-electron chi connectivity index (χ1n) is 13.7. The lowest BCUT2D eigenvalue weighted by molar-refractivity contribution is -0.143. The lowest BCUT2D eigenvalue weighted by Crippen LogP contribution is -2.32. The minimum absolute atomic E-state index is 0.0110. The van der Waals surface area contributed by atoms with Crippen LogP contribution in [0.1, 0.15) is 73.5 Å². The molecule has 1 atom stereocenters. The molecule has 7 heteroatoms. The van der Waals surface area contributed by atoms with Gasteiger partial charge in [-0.15, -0.1) is 0 Å². The maximum atomic E-state index is 13.1. The number of carbonyl (C=O) groups is 4. The Hall–Kier alpha value is -4.26. The second-order valence-corrected chi connectivity index (χ2v) is 10.9. The van der Waals surface area contributed by atoms with Crippen LogP contribution in [0.3, 0.4) is 0 Å². The number of ketones is 2. The van der Waals surface area contributed by atoms with Crippen molar-refractivity contribution in [3.05, 3.63) is 101 Å². The van der Waals surface area contributed by atoms with Gasteiger partial charge in [0, 0.05) is 24.7 Å². The standard InChI is InChI=1S/C34H38O7/c1-23(28-13-7-5-11-26(28)19-24(2)35)17-18-34(4,22-41-33(39)30-15-9-10-16-31(30)37)21-40-32(38)29-14-8-6-12-27(29)20-25(3)36/h5-9,11-15,37H,1,10,16-22H2,2-4H3. The summed E-state index contributed by atoms with van der Waals surface area (Å²) in [6.45, 7) is 8.98. The SMILES string of the molecule is C=C(CCC(C)(COC(=O)C1=C(O)CCC=C1)COC(=O)c1ccccc1CC(C)=O)c1ccccc1CC(C)=O. The zero-order valence-electron chi connectivity index (χ0n) is 24.0. The molecule has 2 aromatic carbocycles. The summed E-state index contributed by atoms with van der Waals surface area (Å²) in [6.07, 6.45) is 5.74. The summed E-state index contributed by atoms with van der Waals surface area (Å²) >= 11 is 0. The van der Waals surface area contributed by atoms with Crippen LogP contribution >= 0.6 is 0 Å². The molecule has 0 bridgehead atoms. The molecule has 0 aliphatic heterocycles. The minimum atomic E-state index is -0.798. The number of aliphatic hydroxyl groups is 1. The van der Waals surface area contributed by atoms with Crippen LogP contribution in [0.25, 0.3) is 5.57 Å². The summed E-state index contributed by atoms with van der Waals surface area (Å²) in [5.74, 6) is -1.25. The predicted octanol–water partition coefficient (Wildman–Crippen LogP) is 6.31. The van der Waals surface area contributed by atoms with Crippen LogP contribution in [0.4, 0.5) is 0 Å². The van der Waals surface area contributed by atoms with E-state index in [2.05, 4.69) is 6.58 Å². The lowest BCUT2D eigenvalue weighted by atomic mass is 9.83. The van der Waals surface area contributed by atoms with Gasteiger partial charge in [0.2, 0.25) is 0 Å². The number of hydrogen-bond donors (Lipinski definition) is 1. The molecular weight excluding hydrogens is 520 g/mol. The largest absolute Gasteiger partial charge is 0.511 e. The smallest absolute Gasteiger partial charge is 0.341 e. The first-order valence-corrected chi connectivity index (χ1v) is 13.7. The van der Waals surface area contributed by atoms with Gasteiger partial charge in [-0.3, -0.25) is 9.59 Å². The molecule has 1 unspecified atom stereocenters. The molecule has 0 heterocycles. The van der Waals surface area contributed by atoms with Gasteiger partial charge in [-0.1, -0.05) is 62.0 Å². The molecule has 0 radical (unpaired) electrons.